The number of rotatable bonds is 3. The third-order valence-corrected chi connectivity index (χ3v) is 6.00. The van der Waals surface area contributed by atoms with Crippen molar-refractivity contribution in [3.8, 4) is 6.07 Å². The molecule has 1 aromatic carbocycles. The number of aryl methyl sites for hydroxylation is 1. The molecule has 2 aromatic rings. The van der Waals surface area contributed by atoms with E-state index < -0.39 is 0 Å². The highest BCUT2D eigenvalue weighted by Gasteiger charge is 2.28. The van der Waals surface area contributed by atoms with Crippen LogP contribution in [0.4, 0.5) is 5.82 Å². The average molecular weight is 390 g/mol. The second kappa shape index (κ2) is 7.80. The molecule has 2 aliphatic heterocycles. The lowest BCUT2D eigenvalue weighted by Gasteiger charge is -2.30. The number of hydrogen-bond acceptors (Lipinski definition) is 6. The van der Waals surface area contributed by atoms with E-state index >= 15 is 0 Å². The minimum atomic E-state index is -0.144. The molecule has 1 saturated heterocycles. The van der Waals surface area contributed by atoms with Gasteiger partial charge in [0.2, 0.25) is 5.82 Å². The molecule has 150 valence electrons. The van der Waals surface area contributed by atoms with Gasteiger partial charge in [-0.3, -0.25) is 4.79 Å². The summed E-state index contributed by atoms with van der Waals surface area (Å²) in [6.45, 7) is 6.65. The molecular formula is C22H26N6O. The van der Waals surface area contributed by atoms with Gasteiger partial charge in [0.25, 0.3) is 5.91 Å². The summed E-state index contributed by atoms with van der Waals surface area (Å²) in [5, 5.41) is 9.05. The van der Waals surface area contributed by atoms with Crippen molar-refractivity contribution in [1.82, 2.24) is 14.9 Å². The summed E-state index contributed by atoms with van der Waals surface area (Å²) in [5.74, 6) is 0.928. The van der Waals surface area contributed by atoms with Gasteiger partial charge in [-0.05, 0) is 43.4 Å². The molecule has 0 bridgehead atoms. The number of aromatic nitrogens is 2. The molecular weight excluding hydrogens is 364 g/mol. The van der Waals surface area contributed by atoms with Crippen molar-refractivity contribution in [3.63, 3.8) is 0 Å². The Morgan fingerprint density at radius 2 is 2.14 bits per heavy atom. The number of amides is 1. The monoisotopic (exact) mass is 390 g/mol. The maximum atomic E-state index is 13.2. The average Bonchev–Trinajstić information content (AvgIpc) is 3.15. The Bertz CT molecular complexity index is 996. The molecule has 0 radical (unpaired) electrons. The van der Waals surface area contributed by atoms with Crippen molar-refractivity contribution >= 4 is 11.7 Å². The molecule has 7 nitrogen and oxygen atoms in total. The SMILES string of the molecule is Cc1nc(C(=O)N2CCc3c(CC#N)cccc3C2)nc(N2CC[C@@H](N)C2)c1C. The Morgan fingerprint density at radius 1 is 1.31 bits per heavy atom. The molecule has 3 heterocycles. The summed E-state index contributed by atoms with van der Waals surface area (Å²) >= 11 is 0. The number of hydrogen-bond donors (Lipinski definition) is 1. The summed E-state index contributed by atoms with van der Waals surface area (Å²) in [5.41, 5.74) is 11.3. The van der Waals surface area contributed by atoms with Gasteiger partial charge in [-0.15, -0.1) is 0 Å². The zero-order chi connectivity index (χ0) is 20.5. The molecule has 0 aliphatic carbocycles. The summed E-state index contributed by atoms with van der Waals surface area (Å²) in [4.78, 5) is 26.3. The van der Waals surface area contributed by atoms with Crippen LogP contribution in [0, 0.1) is 25.2 Å². The van der Waals surface area contributed by atoms with Crippen molar-refractivity contribution in [3.05, 3.63) is 52.0 Å². The Morgan fingerprint density at radius 3 is 2.86 bits per heavy atom. The van der Waals surface area contributed by atoms with Crippen molar-refractivity contribution in [2.24, 2.45) is 5.73 Å². The van der Waals surface area contributed by atoms with E-state index in [9.17, 15) is 4.79 Å². The van der Waals surface area contributed by atoms with Crippen molar-refractivity contribution < 1.29 is 4.79 Å². The first-order valence-electron chi connectivity index (χ1n) is 10.1. The molecule has 0 unspecified atom stereocenters. The molecule has 29 heavy (non-hydrogen) atoms. The smallest absolute Gasteiger partial charge is 0.292 e. The number of nitrogens with zero attached hydrogens (tertiary/aromatic N) is 5. The molecule has 7 heteroatoms. The van der Waals surface area contributed by atoms with Gasteiger partial charge >= 0.3 is 0 Å². The highest BCUT2D eigenvalue weighted by molar-refractivity contribution is 5.91. The van der Waals surface area contributed by atoms with Gasteiger partial charge in [-0.25, -0.2) is 9.97 Å². The lowest BCUT2D eigenvalue weighted by molar-refractivity contribution is 0.0721. The highest BCUT2D eigenvalue weighted by atomic mass is 16.2. The molecule has 0 saturated carbocycles. The molecule has 1 fully saturated rings. The first kappa shape index (κ1) is 19.3. The number of anilines is 1. The number of nitrogens with two attached hydrogens (primary N) is 1. The van der Waals surface area contributed by atoms with Crippen LogP contribution in [0.2, 0.25) is 0 Å². The van der Waals surface area contributed by atoms with E-state index in [0.29, 0.717) is 19.5 Å². The normalized spacial score (nSPS) is 18.5. The third kappa shape index (κ3) is 3.68. The molecule has 2 aliphatic rings. The number of fused-ring (bicyclic) bond motifs is 1. The van der Waals surface area contributed by atoms with Gasteiger partial charge in [-0.2, -0.15) is 5.26 Å². The molecule has 1 amide bonds. The van der Waals surface area contributed by atoms with Crippen LogP contribution in [-0.2, 0) is 19.4 Å². The summed E-state index contributed by atoms with van der Waals surface area (Å²) in [7, 11) is 0. The van der Waals surface area contributed by atoms with E-state index in [1.165, 1.54) is 5.56 Å². The summed E-state index contributed by atoms with van der Waals surface area (Å²) in [6, 6.07) is 8.36. The quantitative estimate of drug-likeness (QED) is 0.859. The van der Waals surface area contributed by atoms with Crippen LogP contribution in [-0.4, -0.2) is 46.5 Å². The number of benzene rings is 1. The Balaban J connectivity index is 1.60. The predicted octanol–water partition coefficient (Wildman–Crippen LogP) is 1.90. The van der Waals surface area contributed by atoms with Crippen LogP contribution in [0.15, 0.2) is 18.2 Å². The second-order valence-corrected chi connectivity index (χ2v) is 7.94. The maximum Gasteiger partial charge on any atom is 0.292 e. The van der Waals surface area contributed by atoms with Crippen molar-refractivity contribution in [1.29, 1.82) is 5.26 Å². The number of carbonyl (C=O) groups excluding carboxylic acids is 1. The largest absolute Gasteiger partial charge is 0.355 e. The fourth-order valence-corrected chi connectivity index (χ4v) is 4.25. The van der Waals surface area contributed by atoms with Crippen molar-refractivity contribution in [2.75, 3.05) is 24.5 Å². The Hall–Kier alpha value is -2.98. The van der Waals surface area contributed by atoms with E-state index in [4.69, 9.17) is 11.0 Å². The highest BCUT2D eigenvalue weighted by Crippen LogP contribution is 2.26. The standard InChI is InChI=1S/C22H26N6O/c1-14-15(2)25-20(26-21(14)27-10-7-18(24)13-27)22(29)28-11-8-19-16(6-9-23)4-3-5-17(19)12-28/h3-5,18H,6-8,10-13,24H2,1-2H3/t18-/m1/s1. The van der Waals surface area contributed by atoms with Gasteiger partial charge in [0, 0.05) is 43.5 Å². The first-order valence-corrected chi connectivity index (χ1v) is 10.1. The van der Waals surface area contributed by atoms with E-state index in [2.05, 4.69) is 20.9 Å². The fourth-order valence-electron chi connectivity index (χ4n) is 4.25. The van der Waals surface area contributed by atoms with Crippen LogP contribution in [0.5, 0.6) is 0 Å². The minimum absolute atomic E-state index is 0.144. The van der Waals surface area contributed by atoms with Crippen LogP contribution >= 0.6 is 0 Å². The second-order valence-electron chi connectivity index (χ2n) is 7.94. The van der Waals surface area contributed by atoms with E-state index in [-0.39, 0.29) is 17.8 Å². The summed E-state index contributed by atoms with van der Waals surface area (Å²) < 4.78 is 0. The number of nitriles is 1. The Kier molecular flexibility index (Phi) is 5.20. The zero-order valence-corrected chi connectivity index (χ0v) is 17.0. The topological polar surface area (TPSA) is 99.1 Å². The zero-order valence-electron chi connectivity index (χ0n) is 17.0. The lowest BCUT2D eigenvalue weighted by atomic mass is 9.93. The molecule has 2 N–H and O–H groups in total. The van der Waals surface area contributed by atoms with Gasteiger partial charge in [0.05, 0.1) is 12.5 Å². The van der Waals surface area contributed by atoms with Gasteiger partial charge < -0.3 is 15.5 Å². The van der Waals surface area contributed by atoms with Crippen LogP contribution in [0.1, 0.15) is 45.0 Å². The fraction of sp³-hybridized carbons (Fsp3) is 0.455. The molecule has 0 spiro atoms. The predicted molar refractivity (Wildman–Crippen MR) is 111 cm³/mol. The van der Waals surface area contributed by atoms with Crippen LogP contribution in [0.25, 0.3) is 0 Å². The molecule has 1 atom stereocenters. The van der Waals surface area contributed by atoms with E-state index in [1.807, 2.05) is 36.9 Å². The first-order chi connectivity index (χ1) is 14.0. The lowest BCUT2D eigenvalue weighted by Crippen LogP contribution is -2.38. The van der Waals surface area contributed by atoms with Crippen LogP contribution < -0.4 is 10.6 Å². The maximum absolute atomic E-state index is 13.2. The third-order valence-electron chi connectivity index (χ3n) is 6.00. The molecule has 1 aromatic heterocycles. The van der Waals surface area contributed by atoms with Gasteiger partial charge in [0.15, 0.2) is 0 Å². The van der Waals surface area contributed by atoms with Gasteiger partial charge in [0.1, 0.15) is 5.82 Å². The van der Waals surface area contributed by atoms with Crippen LogP contribution in [0.3, 0.4) is 0 Å². The minimum Gasteiger partial charge on any atom is -0.355 e. The van der Waals surface area contributed by atoms with Gasteiger partial charge in [-0.1, -0.05) is 18.2 Å². The molecule has 4 rings (SSSR count). The summed E-state index contributed by atoms with van der Waals surface area (Å²) in [6.07, 6.45) is 2.08. The van der Waals surface area contributed by atoms with E-state index in [1.54, 1.807) is 0 Å². The van der Waals surface area contributed by atoms with E-state index in [0.717, 1.165) is 54.1 Å². The van der Waals surface area contributed by atoms with Crippen molar-refractivity contribution in [2.45, 2.75) is 45.7 Å². The Labute approximate surface area is 171 Å². The number of carbonyl (C=O) groups is 1.